The van der Waals surface area contributed by atoms with Gasteiger partial charge in [-0.3, -0.25) is 5.73 Å². The second-order valence-corrected chi connectivity index (χ2v) is 1.32. The molecule has 0 aromatic rings. The van der Waals surface area contributed by atoms with Gasteiger partial charge in [-0.05, 0) is 0 Å². The highest BCUT2D eigenvalue weighted by Gasteiger charge is 2.16. The van der Waals surface area contributed by atoms with Crippen LogP contribution in [-0.4, -0.2) is 18.9 Å². The molecule has 1 fully saturated rings. The first-order valence-corrected chi connectivity index (χ1v) is 1.99. The molecule has 3 N–H and O–H groups in total. The minimum absolute atomic E-state index is 0.424. The molecular formula is C3H6N2O2. The molecule has 1 atom stereocenters. The Kier molecular flexibility index (Phi) is 0.867. The maximum absolute atomic E-state index is 10.0. The second-order valence-electron chi connectivity index (χ2n) is 1.32. The van der Waals surface area contributed by atoms with Crippen LogP contribution in [0.3, 0.4) is 0 Å². The topological polar surface area (TPSA) is 64.3 Å². The molecule has 1 heterocycles. The van der Waals surface area contributed by atoms with E-state index in [-0.39, 0.29) is 0 Å². The normalized spacial score (nSPS) is 29.3. The summed E-state index contributed by atoms with van der Waals surface area (Å²) in [7, 11) is 0. The average molecular weight is 102 g/mol. The monoisotopic (exact) mass is 102 g/mol. The third kappa shape index (κ3) is 0.806. The van der Waals surface area contributed by atoms with Gasteiger partial charge < -0.3 is 10.1 Å². The number of hydrogen-bond donors (Lipinski definition) is 2. The molecule has 0 aromatic heterocycles. The number of cyclic esters (lactones) is 1. The fourth-order valence-corrected chi connectivity index (χ4v) is 0.405. The van der Waals surface area contributed by atoms with Crippen molar-refractivity contribution in [2.24, 2.45) is 5.73 Å². The number of nitrogens with two attached hydrogens (primary N) is 1. The molecule has 0 bridgehead atoms. The van der Waals surface area contributed by atoms with Gasteiger partial charge in [-0.25, -0.2) is 4.79 Å². The van der Waals surface area contributed by atoms with E-state index in [9.17, 15) is 4.79 Å². The smallest absolute Gasteiger partial charge is 0.408 e. The minimum Gasteiger partial charge on any atom is -0.429 e. The molecular weight excluding hydrogens is 96.0 g/mol. The van der Waals surface area contributed by atoms with Crippen LogP contribution < -0.4 is 11.1 Å². The van der Waals surface area contributed by atoms with Gasteiger partial charge in [0.15, 0.2) is 6.23 Å². The van der Waals surface area contributed by atoms with E-state index in [1.165, 1.54) is 0 Å². The molecule has 0 radical (unpaired) electrons. The highest BCUT2D eigenvalue weighted by atomic mass is 16.6. The second kappa shape index (κ2) is 1.38. The zero-order chi connectivity index (χ0) is 5.28. The van der Waals surface area contributed by atoms with Crippen molar-refractivity contribution in [1.82, 2.24) is 5.32 Å². The van der Waals surface area contributed by atoms with Gasteiger partial charge in [0.05, 0.1) is 6.54 Å². The molecule has 1 aliphatic rings. The Labute approximate surface area is 40.6 Å². The zero-order valence-corrected chi connectivity index (χ0v) is 3.68. The van der Waals surface area contributed by atoms with Crippen molar-refractivity contribution in [1.29, 1.82) is 0 Å². The van der Waals surface area contributed by atoms with Gasteiger partial charge >= 0.3 is 6.09 Å². The predicted molar refractivity (Wildman–Crippen MR) is 22.5 cm³/mol. The van der Waals surface area contributed by atoms with E-state index in [2.05, 4.69) is 10.1 Å². The largest absolute Gasteiger partial charge is 0.429 e. The molecule has 0 saturated carbocycles. The zero-order valence-electron chi connectivity index (χ0n) is 3.68. The summed E-state index contributed by atoms with van der Waals surface area (Å²) in [6.07, 6.45) is -0.861. The summed E-state index contributed by atoms with van der Waals surface area (Å²) < 4.78 is 4.39. The quantitative estimate of drug-likeness (QED) is 0.412. The van der Waals surface area contributed by atoms with E-state index in [4.69, 9.17) is 5.73 Å². The fraction of sp³-hybridized carbons (Fsp3) is 0.667. The Bertz CT molecular complexity index is 92.9. The number of rotatable bonds is 0. The Morgan fingerprint density at radius 1 is 2.00 bits per heavy atom. The average Bonchev–Trinajstić information content (AvgIpc) is 1.87. The highest BCUT2D eigenvalue weighted by molar-refractivity contribution is 5.69. The van der Waals surface area contributed by atoms with E-state index < -0.39 is 12.3 Å². The fourth-order valence-electron chi connectivity index (χ4n) is 0.405. The maximum atomic E-state index is 10.0. The summed E-state index contributed by atoms with van der Waals surface area (Å²) in [5.41, 5.74) is 5.12. The molecule has 1 aliphatic heterocycles. The number of nitrogens with one attached hydrogen (secondary N) is 1. The van der Waals surface area contributed by atoms with E-state index in [0.29, 0.717) is 6.54 Å². The van der Waals surface area contributed by atoms with E-state index >= 15 is 0 Å². The van der Waals surface area contributed by atoms with E-state index in [1.807, 2.05) is 0 Å². The summed E-state index contributed by atoms with van der Waals surface area (Å²) in [6.45, 7) is 0.429. The van der Waals surface area contributed by atoms with E-state index in [0.717, 1.165) is 0 Å². The Morgan fingerprint density at radius 2 is 2.71 bits per heavy atom. The van der Waals surface area contributed by atoms with Gasteiger partial charge in [-0.15, -0.1) is 0 Å². The van der Waals surface area contributed by atoms with Gasteiger partial charge in [-0.1, -0.05) is 0 Å². The van der Waals surface area contributed by atoms with Crippen molar-refractivity contribution in [3.8, 4) is 0 Å². The number of alkyl carbamates (subject to hydrolysis) is 1. The van der Waals surface area contributed by atoms with Crippen LogP contribution in [-0.2, 0) is 4.74 Å². The van der Waals surface area contributed by atoms with Crippen LogP contribution in [0, 0.1) is 0 Å². The van der Waals surface area contributed by atoms with Gasteiger partial charge in [0.2, 0.25) is 0 Å². The molecule has 4 heteroatoms. The lowest BCUT2D eigenvalue weighted by molar-refractivity contribution is 0.143. The number of amides is 1. The summed E-state index contributed by atoms with van der Waals surface area (Å²) >= 11 is 0. The summed E-state index contributed by atoms with van der Waals surface area (Å²) in [4.78, 5) is 10.0. The Hall–Kier alpha value is -0.770. The van der Waals surface area contributed by atoms with Crippen LogP contribution in [0.2, 0.25) is 0 Å². The summed E-state index contributed by atoms with van der Waals surface area (Å²) in [6, 6.07) is 0. The highest BCUT2D eigenvalue weighted by Crippen LogP contribution is 1.89. The van der Waals surface area contributed by atoms with Crippen molar-refractivity contribution in [2.75, 3.05) is 6.54 Å². The predicted octanol–water partition coefficient (Wildman–Crippen LogP) is -0.989. The van der Waals surface area contributed by atoms with Gasteiger partial charge in [0.1, 0.15) is 0 Å². The van der Waals surface area contributed by atoms with Crippen molar-refractivity contribution in [3.63, 3.8) is 0 Å². The number of hydrogen-bond acceptors (Lipinski definition) is 3. The third-order valence-electron chi connectivity index (χ3n) is 0.706. The van der Waals surface area contributed by atoms with Crippen molar-refractivity contribution in [2.45, 2.75) is 6.23 Å². The molecule has 40 valence electrons. The molecule has 1 saturated heterocycles. The van der Waals surface area contributed by atoms with Crippen LogP contribution in [0.25, 0.3) is 0 Å². The molecule has 1 amide bonds. The number of ether oxygens (including phenoxy) is 1. The first kappa shape index (κ1) is 4.39. The van der Waals surface area contributed by atoms with Gasteiger partial charge in [-0.2, -0.15) is 0 Å². The van der Waals surface area contributed by atoms with Crippen LogP contribution in [0.15, 0.2) is 0 Å². The molecule has 0 unspecified atom stereocenters. The maximum Gasteiger partial charge on any atom is 0.408 e. The molecule has 1 rings (SSSR count). The van der Waals surface area contributed by atoms with Crippen LogP contribution in [0.4, 0.5) is 4.79 Å². The number of carbonyl (C=O) groups is 1. The van der Waals surface area contributed by atoms with Crippen molar-refractivity contribution in [3.05, 3.63) is 0 Å². The first-order chi connectivity index (χ1) is 3.29. The molecule has 4 nitrogen and oxygen atoms in total. The van der Waals surface area contributed by atoms with Crippen LogP contribution in [0.1, 0.15) is 0 Å². The van der Waals surface area contributed by atoms with Crippen LogP contribution in [0.5, 0.6) is 0 Å². The lowest BCUT2D eigenvalue weighted by atomic mass is 10.6. The standard InChI is InChI=1S/C3H6N2O2/c4-2-1-5-3(6)7-2/h2H,1,4H2,(H,5,6)/t2-/m0/s1. The minimum atomic E-state index is -0.438. The molecule has 0 aromatic carbocycles. The molecule has 0 spiro atoms. The lowest BCUT2D eigenvalue weighted by Gasteiger charge is -1.93. The van der Waals surface area contributed by atoms with Crippen LogP contribution >= 0.6 is 0 Å². The Balaban J connectivity index is 2.40. The van der Waals surface area contributed by atoms with Crippen molar-refractivity contribution < 1.29 is 9.53 Å². The third-order valence-corrected chi connectivity index (χ3v) is 0.706. The van der Waals surface area contributed by atoms with E-state index in [1.54, 1.807) is 0 Å². The number of carbonyl (C=O) groups excluding carboxylic acids is 1. The lowest BCUT2D eigenvalue weighted by Crippen LogP contribution is -2.23. The first-order valence-electron chi connectivity index (χ1n) is 1.99. The summed E-state index contributed by atoms with van der Waals surface area (Å²) in [5.74, 6) is 0. The van der Waals surface area contributed by atoms with Crippen molar-refractivity contribution >= 4 is 6.09 Å². The molecule has 7 heavy (non-hydrogen) atoms. The van der Waals surface area contributed by atoms with Gasteiger partial charge in [0.25, 0.3) is 0 Å². The van der Waals surface area contributed by atoms with Gasteiger partial charge in [0, 0.05) is 0 Å². The molecule has 0 aliphatic carbocycles. The summed E-state index contributed by atoms with van der Waals surface area (Å²) in [5, 5.41) is 2.38. The Morgan fingerprint density at radius 3 is 2.86 bits per heavy atom. The SMILES string of the molecule is N[C@@H]1CNC(=O)O1.